The van der Waals surface area contributed by atoms with Crippen molar-refractivity contribution in [2.75, 3.05) is 26.8 Å². The Morgan fingerprint density at radius 2 is 2.33 bits per heavy atom. The first kappa shape index (κ1) is 13.3. The van der Waals surface area contributed by atoms with Gasteiger partial charge in [0, 0.05) is 26.6 Å². The van der Waals surface area contributed by atoms with E-state index in [4.69, 9.17) is 13.6 Å². The highest BCUT2D eigenvalue weighted by molar-refractivity contribution is 9.10. The van der Waals surface area contributed by atoms with Crippen molar-refractivity contribution < 1.29 is 13.6 Å². The molecular formula is C12H15BrN2O3. The van der Waals surface area contributed by atoms with Gasteiger partial charge in [-0.3, -0.25) is 0 Å². The molecule has 0 bridgehead atoms. The summed E-state index contributed by atoms with van der Waals surface area (Å²) in [6, 6.07) is 1.84. The number of halogens is 1. The van der Waals surface area contributed by atoms with Gasteiger partial charge in [-0.2, -0.15) is 0 Å². The SMILES string of the molecule is COCCNCCc1ncc(-c2ccoc2Br)o1. The number of rotatable bonds is 7. The molecule has 0 saturated heterocycles. The molecule has 2 aromatic heterocycles. The highest BCUT2D eigenvalue weighted by Crippen LogP contribution is 2.29. The molecular weight excluding hydrogens is 300 g/mol. The molecule has 5 nitrogen and oxygen atoms in total. The number of nitrogens with one attached hydrogen (secondary N) is 1. The third-order valence-electron chi connectivity index (χ3n) is 2.44. The van der Waals surface area contributed by atoms with Gasteiger partial charge in [0.1, 0.15) is 0 Å². The van der Waals surface area contributed by atoms with Crippen LogP contribution in [-0.2, 0) is 11.2 Å². The summed E-state index contributed by atoms with van der Waals surface area (Å²) in [7, 11) is 1.69. The fourth-order valence-corrected chi connectivity index (χ4v) is 1.95. The summed E-state index contributed by atoms with van der Waals surface area (Å²) in [6.07, 6.45) is 4.06. The quantitative estimate of drug-likeness (QED) is 0.796. The number of methoxy groups -OCH3 is 1. The topological polar surface area (TPSA) is 60.4 Å². The minimum Gasteiger partial charge on any atom is -0.457 e. The van der Waals surface area contributed by atoms with Crippen LogP contribution in [0, 0.1) is 0 Å². The number of ether oxygens (including phenoxy) is 1. The predicted molar refractivity (Wildman–Crippen MR) is 70.4 cm³/mol. The molecule has 0 amide bonds. The second kappa shape index (κ2) is 6.72. The van der Waals surface area contributed by atoms with Crippen LogP contribution in [0.5, 0.6) is 0 Å². The van der Waals surface area contributed by atoms with Crippen LogP contribution >= 0.6 is 15.9 Å². The predicted octanol–water partition coefficient (Wildman–Crippen LogP) is 2.48. The van der Waals surface area contributed by atoms with Gasteiger partial charge in [0.05, 0.1) is 24.6 Å². The average molecular weight is 315 g/mol. The Bertz CT molecular complexity index is 481. The highest BCUT2D eigenvalue weighted by Gasteiger charge is 2.11. The summed E-state index contributed by atoms with van der Waals surface area (Å²) in [5.41, 5.74) is 0.876. The Labute approximate surface area is 114 Å². The van der Waals surface area contributed by atoms with Crippen molar-refractivity contribution in [1.29, 1.82) is 0 Å². The van der Waals surface area contributed by atoms with Crippen LogP contribution in [0.2, 0.25) is 0 Å². The molecule has 0 fully saturated rings. The van der Waals surface area contributed by atoms with Crippen LogP contribution < -0.4 is 5.32 Å². The maximum absolute atomic E-state index is 5.64. The Hall–Kier alpha value is -1.11. The first-order valence-electron chi connectivity index (χ1n) is 5.69. The van der Waals surface area contributed by atoms with E-state index >= 15 is 0 Å². The lowest BCUT2D eigenvalue weighted by molar-refractivity contribution is 0.199. The first-order chi connectivity index (χ1) is 8.81. The fourth-order valence-electron chi connectivity index (χ4n) is 1.51. The Morgan fingerprint density at radius 1 is 1.44 bits per heavy atom. The summed E-state index contributed by atoms with van der Waals surface area (Å²) in [6.45, 7) is 2.35. The number of furan rings is 1. The maximum Gasteiger partial charge on any atom is 0.196 e. The van der Waals surface area contributed by atoms with E-state index in [2.05, 4.69) is 26.2 Å². The molecule has 98 valence electrons. The molecule has 0 unspecified atom stereocenters. The molecule has 2 aromatic rings. The van der Waals surface area contributed by atoms with Crippen molar-refractivity contribution >= 4 is 15.9 Å². The van der Waals surface area contributed by atoms with Crippen LogP contribution in [-0.4, -0.2) is 31.8 Å². The van der Waals surface area contributed by atoms with Crippen LogP contribution in [0.1, 0.15) is 5.89 Å². The normalized spacial score (nSPS) is 11.0. The van der Waals surface area contributed by atoms with E-state index in [1.54, 1.807) is 19.6 Å². The van der Waals surface area contributed by atoms with Crippen molar-refractivity contribution in [3.05, 3.63) is 29.1 Å². The van der Waals surface area contributed by atoms with Crippen LogP contribution in [0.15, 0.2) is 32.0 Å². The molecule has 2 heterocycles. The largest absolute Gasteiger partial charge is 0.457 e. The third kappa shape index (κ3) is 3.44. The van der Waals surface area contributed by atoms with Gasteiger partial charge in [-0.25, -0.2) is 4.98 Å². The van der Waals surface area contributed by atoms with Crippen molar-refractivity contribution in [2.45, 2.75) is 6.42 Å². The first-order valence-corrected chi connectivity index (χ1v) is 6.48. The van der Waals surface area contributed by atoms with Crippen molar-refractivity contribution in [2.24, 2.45) is 0 Å². The number of hydrogen-bond acceptors (Lipinski definition) is 5. The van der Waals surface area contributed by atoms with Gasteiger partial charge in [-0.05, 0) is 22.0 Å². The number of hydrogen-bond donors (Lipinski definition) is 1. The summed E-state index contributed by atoms with van der Waals surface area (Å²) in [5, 5.41) is 3.24. The van der Waals surface area contributed by atoms with Crippen LogP contribution in [0.25, 0.3) is 11.3 Å². The molecule has 1 N–H and O–H groups in total. The second-order valence-electron chi connectivity index (χ2n) is 3.72. The van der Waals surface area contributed by atoms with Gasteiger partial charge in [-0.1, -0.05) is 0 Å². The monoisotopic (exact) mass is 314 g/mol. The van der Waals surface area contributed by atoms with Gasteiger partial charge >= 0.3 is 0 Å². The lowest BCUT2D eigenvalue weighted by Gasteiger charge is -2.01. The maximum atomic E-state index is 5.64. The lowest BCUT2D eigenvalue weighted by Crippen LogP contribution is -2.21. The smallest absolute Gasteiger partial charge is 0.196 e. The van der Waals surface area contributed by atoms with Gasteiger partial charge in [0.25, 0.3) is 0 Å². The molecule has 0 aliphatic heterocycles. The van der Waals surface area contributed by atoms with E-state index in [0.29, 0.717) is 22.9 Å². The van der Waals surface area contributed by atoms with Crippen molar-refractivity contribution in [3.63, 3.8) is 0 Å². The molecule has 0 spiro atoms. The van der Waals surface area contributed by atoms with Crippen molar-refractivity contribution in [1.82, 2.24) is 10.3 Å². The van der Waals surface area contributed by atoms with Gasteiger partial charge in [0.2, 0.25) is 0 Å². The molecule has 0 radical (unpaired) electrons. The van der Waals surface area contributed by atoms with E-state index < -0.39 is 0 Å². The number of nitrogens with zero attached hydrogens (tertiary/aromatic N) is 1. The Morgan fingerprint density at radius 3 is 3.06 bits per heavy atom. The van der Waals surface area contributed by atoms with Crippen LogP contribution in [0.3, 0.4) is 0 Å². The molecule has 6 heteroatoms. The zero-order chi connectivity index (χ0) is 12.8. The van der Waals surface area contributed by atoms with Gasteiger partial charge in [0.15, 0.2) is 16.3 Å². The summed E-state index contributed by atoms with van der Waals surface area (Å²) in [4.78, 5) is 4.23. The van der Waals surface area contributed by atoms with E-state index in [1.807, 2.05) is 6.07 Å². The molecule has 0 atom stereocenters. The number of aromatic nitrogens is 1. The average Bonchev–Trinajstić information content (AvgIpc) is 2.97. The van der Waals surface area contributed by atoms with E-state index in [9.17, 15) is 0 Å². The zero-order valence-electron chi connectivity index (χ0n) is 10.1. The molecule has 18 heavy (non-hydrogen) atoms. The number of oxazole rings is 1. The van der Waals surface area contributed by atoms with E-state index in [-0.39, 0.29) is 0 Å². The Balaban J connectivity index is 1.85. The fraction of sp³-hybridized carbons (Fsp3) is 0.417. The summed E-state index contributed by atoms with van der Waals surface area (Å²) >= 11 is 3.31. The molecule has 2 rings (SSSR count). The lowest BCUT2D eigenvalue weighted by atomic mass is 10.3. The van der Waals surface area contributed by atoms with Crippen LogP contribution in [0.4, 0.5) is 0 Å². The molecule has 0 saturated carbocycles. The van der Waals surface area contributed by atoms with Crippen molar-refractivity contribution in [3.8, 4) is 11.3 Å². The molecule has 0 aliphatic carbocycles. The zero-order valence-corrected chi connectivity index (χ0v) is 11.7. The minimum absolute atomic E-state index is 0.656. The summed E-state index contributed by atoms with van der Waals surface area (Å²) < 4.78 is 16.4. The third-order valence-corrected chi connectivity index (χ3v) is 3.05. The van der Waals surface area contributed by atoms with E-state index in [1.165, 1.54) is 0 Å². The summed E-state index contributed by atoms with van der Waals surface area (Å²) in [5.74, 6) is 1.42. The second-order valence-corrected chi connectivity index (χ2v) is 4.44. The molecule has 0 aliphatic rings. The van der Waals surface area contributed by atoms with Gasteiger partial charge < -0.3 is 18.9 Å². The van der Waals surface area contributed by atoms with E-state index in [0.717, 1.165) is 25.1 Å². The highest BCUT2D eigenvalue weighted by atomic mass is 79.9. The van der Waals surface area contributed by atoms with Gasteiger partial charge in [-0.15, -0.1) is 0 Å². The molecule has 0 aromatic carbocycles. The minimum atomic E-state index is 0.656. The standard InChI is InChI=1S/C12H15BrN2O3/c1-16-7-5-14-4-2-11-15-8-10(18-11)9-3-6-17-12(9)13/h3,6,8,14H,2,4-5,7H2,1H3. The Kier molecular flexibility index (Phi) is 4.98.